The summed E-state index contributed by atoms with van der Waals surface area (Å²) in [4.78, 5) is 37.7. The van der Waals surface area contributed by atoms with E-state index in [2.05, 4.69) is 86.8 Å². The number of aliphatic carboxylic acids is 1. The molecular weight excluding hydrogens is 1100 g/mol. The molecule has 9 heteroatoms. The number of hydrogen-bond donors (Lipinski definition) is 1. The summed E-state index contributed by atoms with van der Waals surface area (Å²) in [5, 5.41) is 9.76. The average Bonchev–Trinajstić information content (AvgIpc) is 3.64. The molecule has 0 fully saturated rings. The molecule has 0 saturated carbocycles. The van der Waals surface area contributed by atoms with Crippen LogP contribution in [0.3, 0.4) is 0 Å². The van der Waals surface area contributed by atoms with Gasteiger partial charge in [0.25, 0.3) is 6.29 Å². The highest BCUT2D eigenvalue weighted by molar-refractivity contribution is 5.71. The smallest absolute Gasteiger partial charge is 0.361 e. The normalized spacial score (nSPS) is 13.0. The molecule has 0 radical (unpaired) electrons. The number of carbonyl (C=O) groups is 3. The Hall–Kier alpha value is -3.27. The van der Waals surface area contributed by atoms with Crippen LogP contribution < -0.4 is 0 Å². The number of likely N-dealkylation sites (N-methyl/N-ethyl adjacent to an activating group) is 1. The molecule has 2 unspecified atom stereocenters. The van der Waals surface area contributed by atoms with Crippen molar-refractivity contribution >= 4 is 17.9 Å². The Labute approximate surface area is 551 Å². The molecule has 0 aromatic rings. The fourth-order valence-electron chi connectivity index (χ4n) is 11.2. The van der Waals surface area contributed by atoms with Gasteiger partial charge in [0.15, 0.2) is 6.10 Å². The van der Waals surface area contributed by atoms with Crippen molar-refractivity contribution in [1.82, 2.24) is 0 Å². The van der Waals surface area contributed by atoms with Crippen LogP contribution in [0, 0.1) is 0 Å². The van der Waals surface area contributed by atoms with E-state index in [1.54, 1.807) is 0 Å². The van der Waals surface area contributed by atoms with Crippen molar-refractivity contribution in [3.05, 3.63) is 72.9 Å². The zero-order chi connectivity index (χ0) is 64.7. The van der Waals surface area contributed by atoms with Gasteiger partial charge in [0.1, 0.15) is 13.2 Å². The summed E-state index contributed by atoms with van der Waals surface area (Å²) in [6.07, 6.45) is 91.8. The Morgan fingerprint density at radius 2 is 0.640 bits per heavy atom. The van der Waals surface area contributed by atoms with Gasteiger partial charge >= 0.3 is 17.9 Å². The van der Waals surface area contributed by atoms with E-state index in [0.29, 0.717) is 17.4 Å². The molecule has 2 atom stereocenters. The molecule has 0 aromatic heterocycles. The second kappa shape index (κ2) is 70.6. The van der Waals surface area contributed by atoms with Gasteiger partial charge in [0, 0.05) is 12.8 Å². The maximum absolute atomic E-state index is 13.0. The van der Waals surface area contributed by atoms with E-state index in [4.69, 9.17) is 18.9 Å². The summed E-state index contributed by atoms with van der Waals surface area (Å²) in [5.74, 6) is -1.98. The van der Waals surface area contributed by atoms with Crippen LogP contribution in [0.2, 0.25) is 0 Å². The van der Waals surface area contributed by atoms with Crippen LogP contribution in [0.25, 0.3) is 0 Å². The average molecular weight is 1250 g/mol. The van der Waals surface area contributed by atoms with Gasteiger partial charge in [-0.3, -0.25) is 9.59 Å². The lowest BCUT2D eigenvalue weighted by atomic mass is 10.0. The number of nitrogens with zero attached hydrogens (tertiary/aromatic N) is 1. The van der Waals surface area contributed by atoms with E-state index in [1.165, 1.54) is 263 Å². The molecule has 0 bridgehead atoms. The highest BCUT2D eigenvalue weighted by atomic mass is 16.7. The van der Waals surface area contributed by atoms with Gasteiger partial charge in [-0.05, 0) is 83.5 Å². The zero-order valence-corrected chi connectivity index (χ0v) is 59.3. The van der Waals surface area contributed by atoms with Crippen molar-refractivity contribution in [3.63, 3.8) is 0 Å². The largest absolute Gasteiger partial charge is 0.477 e. The lowest BCUT2D eigenvalue weighted by molar-refractivity contribution is -0.870. The van der Waals surface area contributed by atoms with Crippen LogP contribution in [0.5, 0.6) is 0 Å². The maximum atomic E-state index is 13.0. The summed E-state index contributed by atoms with van der Waals surface area (Å²) in [6, 6.07) is 0. The van der Waals surface area contributed by atoms with Gasteiger partial charge < -0.3 is 28.5 Å². The molecule has 518 valence electrons. The Morgan fingerprint density at radius 1 is 0.348 bits per heavy atom. The molecule has 0 rings (SSSR count). The van der Waals surface area contributed by atoms with E-state index in [-0.39, 0.29) is 38.2 Å². The number of quaternary nitrogens is 1. The molecule has 0 aliphatic heterocycles. The second-order valence-electron chi connectivity index (χ2n) is 26.9. The van der Waals surface area contributed by atoms with Crippen molar-refractivity contribution in [1.29, 1.82) is 0 Å². The molecule has 0 heterocycles. The number of unbranched alkanes of at least 4 members (excludes halogenated alkanes) is 44. The fourth-order valence-corrected chi connectivity index (χ4v) is 11.2. The van der Waals surface area contributed by atoms with Gasteiger partial charge in [0.2, 0.25) is 0 Å². The molecule has 89 heavy (non-hydrogen) atoms. The first-order valence-electron chi connectivity index (χ1n) is 38.1. The minimum absolute atomic E-state index is 0.178. The standard InChI is InChI=1S/C80H145NO8/c1-6-8-10-12-14-16-18-20-22-24-26-28-30-32-34-36-37-38-39-40-41-43-45-47-49-51-53-55-57-59-61-63-65-67-69-71-78(83)89-76(75-88-80(79(84)85)86-73-72-81(3,4)5)74-87-77(82)70-68-66-64-62-60-58-56-54-52-50-48-46-44-42-35-33-31-29-27-25-23-21-19-17-15-13-11-9-7-2/h8,10,14,16,19-22,25-28,76,80H,6-7,9,11-13,15,17-18,23-24,29-75H2,1-5H3/p+1/b10-8-,16-14-,21-19-,22-20-,27-25-,28-26-. The molecule has 0 saturated heterocycles. The van der Waals surface area contributed by atoms with Gasteiger partial charge in [-0.15, -0.1) is 0 Å². The molecule has 1 N–H and O–H groups in total. The number of carboxylic acid groups (broad SMARTS) is 1. The zero-order valence-electron chi connectivity index (χ0n) is 59.3. The minimum atomic E-state index is -1.51. The van der Waals surface area contributed by atoms with Crippen LogP contribution in [-0.4, -0.2) is 87.4 Å². The molecular formula is C80H146NO8+. The number of esters is 2. The number of hydrogen-bond acceptors (Lipinski definition) is 7. The van der Waals surface area contributed by atoms with Crippen molar-refractivity contribution in [2.24, 2.45) is 0 Å². The predicted octanol–water partition coefficient (Wildman–Crippen LogP) is 24.0. The lowest BCUT2D eigenvalue weighted by Gasteiger charge is -2.25. The number of rotatable bonds is 71. The Balaban J connectivity index is 4.01. The van der Waals surface area contributed by atoms with Crippen LogP contribution in [0.15, 0.2) is 72.9 Å². The number of allylic oxidation sites excluding steroid dienone is 12. The van der Waals surface area contributed by atoms with Gasteiger partial charge in [-0.25, -0.2) is 4.79 Å². The van der Waals surface area contributed by atoms with Gasteiger partial charge in [-0.2, -0.15) is 0 Å². The maximum Gasteiger partial charge on any atom is 0.361 e. The van der Waals surface area contributed by atoms with Crippen LogP contribution in [0.4, 0.5) is 0 Å². The highest BCUT2D eigenvalue weighted by Crippen LogP contribution is 2.19. The lowest BCUT2D eigenvalue weighted by Crippen LogP contribution is -2.40. The van der Waals surface area contributed by atoms with Crippen LogP contribution >= 0.6 is 0 Å². The van der Waals surface area contributed by atoms with Gasteiger partial charge in [-0.1, -0.05) is 337 Å². The van der Waals surface area contributed by atoms with Crippen LogP contribution in [0.1, 0.15) is 361 Å². The topological polar surface area (TPSA) is 108 Å². The third-order valence-electron chi connectivity index (χ3n) is 16.9. The molecule has 0 spiro atoms. The highest BCUT2D eigenvalue weighted by Gasteiger charge is 2.25. The summed E-state index contributed by atoms with van der Waals surface area (Å²) < 4.78 is 23.0. The molecule has 0 aliphatic rings. The van der Waals surface area contributed by atoms with E-state index < -0.39 is 18.4 Å². The van der Waals surface area contributed by atoms with E-state index in [0.717, 1.165) is 70.6 Å². The summed E-state index contributed by atoms with van der Waals surface area (Å²) in [6.45, 7) is 4.81. The monoisotopic (exact) mass is 1250 g/mol. The summed E-state index contributed by atoms with van der Waals surface area (Å²) >= 11 is 0. The Morgan fingerprint density at radius 3 is 0.955 bits per heavy atom. The number of carbonyl (C=O) groups excluding carboxylic acids is 2. The number of ether oxygens (including phenoxy) is 4. The molecule has 0 amide bonds. The summed E-state index contributed by atoms with van der Waals surface area (Å²) in [5.41, 5.74) is 0. The first kappa shape index (κ1) is 85.7. The minimum Gasteiger partial charge on any atom is -0.477 e. The van der Waals surface area contributed by atoms with Crippen molar-refractivity contribution < 1.29 is 42.9 Å². The van der Waals surface area contributed by atoms with Crippen LogP contribution in [-0.2, 0) is 33.3 Å². The Bertz CT molecular complexity index is 1690. The quantitative estimate of drug-likeness (QED) is 0.0211. The first-order valence-corrected chi connectivity index (χ1v) is 38.1. The van der Waals surface area contributed by atoms with E-state index in [1.807, 2.05) is 21.1 Å². The third-order valence-corrected chi connectivity index (χ3v) is 16.9. The summed E-state index contributed by atoms with van der Waals surface area (Å²) in [7, 11) is 5.99. The molecule has 0 aromatic carbocycles. The second-order valence-corrected chi connectivity index (χ2v) is 26.9. The number of carboxylic acids is 1. The molecule has 9 nitrogen and oxygen atoms in total. The van der Waals surface area contributed by atoms with Crippen molar-refractivity contribution in [2.75, 3.05) is 47.5 Å². The SMILES string of the molecule is CC/C=C\C/C=C\C/C=C\C/C=C\CCCCCCCCCCCCCCCCCCCCCCCCC(=O)OC(COC(=O)CCCCCCCCCCCCCCCCCCC/C=C\C/C=C\CCCCCCC)COC(OCC[N+](C)(C)C)C(=O)O. The van der Waals surface area contributed by atoms with E-state index in [9.17, 15) is 19.5 Å². The third kappa shape index (κ3) is 72.0. The van der Waals surface area contributed by atoms with Crippen molar-refractivity contribution in [3.8, 4) is 0 Å². The van der Waals surface area contributed by atoms with E-state index >= 15 is 0 Å². The van der Waals surface area contributed by atoms with Crippen molar-refractivity contribution in [2.45, 2.75) is 373 Å². The fraction of sp³-hybridized carbons (Fsp3) is 0.812. The predicted molar refractivity (Wildman–Crippen MR) is 383 cm³/mol. The first-order chi connectivity index (χ1) is 43.6. The molecule has 0 aliphatic carbocycles. The van der Waals surface area contributed by atoms with Gasteiger partial charge in [0.05, 0.1) is 34.4 Å². The Kier molecular flexibility index (Phi) is 68.0.